The summed E-state index contributed by atoms with van der Waals surface area (Å²) in [5, 5.41) is 0. The monoisotopic (exact) mass is 342 g/mol. The summed E-state index contributed by atoms with van der Waals surface area (Å²) < 4.78 is 38.7. The van der Waals surface area contributed by atoms with E-state index in [9.17, 15) is 22.8 Å². The van der Waals surface area contributed by atoms with Crippen molar-refractivity contribution >= 4 is 11.8 Å². The van der Waals surface area contributed by atoms with Gasteiger partial charge in [0, 0.05) is 19.0 Å². The van der Waals surface area contributed by atoms with Crippen LogP contribution in [0.5, 0.6) is 0 Å². The standard InChI is InChI=1S/C17H21F3N2O2/c1-16(2,12-4-3-5-13(10-12)17(18,19)20)15(24)22-8-6-11(7-9-22)14(21)23/h3-5,10-11H,6-9H2,1-2H3,(H2,21,23). The molecule has 0 bridgehead atoms. The Morgan fingerprint density at radius 2 is 1.67 bits per heavy atom. The number of likely N-dealkylation sites (tertiary alicyclic amines) is 1. The van der Waals surface area contributed by atoms with E-state index in [0.29, 0.717) is 31.5 Å². The molecule has 2 rings (SSSR count). The smallest absolute Gasteiger partial charge is 0.369 e. The Labute approximate surface area is 138 Å². The summed E-state index contributed by atoms with van der Waals surface area (Å²) in [5.41, 5.74) is 3.74. The predicted molar refractivity (Wildman–Crippen MR) is 83.0 cm³/mol. The molecule has 132 valence electrons. The third-order valence-electron chi connectivity index (χ3n) is 4.63. The Morgan fingerprint density at radius 3 is 2.17 bits per heavy atom. The minimum absolute atomic E-state index is 0.245. The molecule has 0 aromatic heterocycles. The van der Waals surface area contributed by atoms with E-state index in [2.05, 4.69) is 0 Å². The first-order chi connectivity index (χ1) is 11.0. The number of nitrogens with zero attached hydrogens (tertiary/aromatic N) is 1. The minimum atomic E-state index is -4.45. The fourth-order valence-corrected chi connectivity index (χ4v) is 2.97. The van der Waals surface area contributed by atoms with Gasteiger partial charge < -0.3 is 10.6 Å². The van der Waals surface area contributed by atoms with Crippen LogP contribution in [0.4, 0.5) is 13.2 Å². The van der Waals surface area contributed by atoms with Crippen LogP contribution in [0.25, 0.3) is 0 Å². The third-order valence-corrected chi connectivity index (χ3v) is 4.63. The van der Waals surface area contributed by atoms with Crippen LogP contribution < -0.4 is 5.73 Å². The molecule has 7 heteroatoms. The average Bonchev–Trinajstić information content (AvgIpc) is 2.53. The SMILES string of the molecule is CC(C)(C(=O)N1CCC(C(N)=O)CC1)c1cccc(C(F)(F)F)c1. The van der Waals surface area contributed by atoms with Crippen molar-refractivity contribution < 1.29 is 22.8 Å². The fourth-order valence-electron chi connectivity index (χ4n) is 2.97. The number of hydrogen-bond donors (Lipinski definition) is 1. The molecule has 0 aliphatic carbocycles. The van der Waals surface area contributed by atoms with Gasteiger partial charge in [-0.1, -0.05) is 18.2 Å². The van der Waals surface area contributed by atoms with Gasteiger partial charge >= 0.3 is 6.18 Å². The average molecular weight is 342 g/mol. The van der Waals surface area contributed by atoms with Crippen molar-refractivity contribution in [2.45, 2.75) is 38.3 Å². The summed E-state index contributed by atoms with van der Waals surface area (Å²) >= 11 is 0. The highest BCUT2D eigenvalue weighted by molar-refractivity contribution is 5.88. The molecule has 0 saturated carbocycles. The Morgan fingerprint density at radius 1 is 1.12 bits per heavy atom. The Hall–Kier alpha value is -2.05. The predicted octanol–water partition coefficient (Wildman–Crippen LogP) is 2.71. The molecule has 1 aliphatic heterocycles. The number of primary amides is 1. The van der Waals surface area contributed by atoms with Gasteiger partial charge in [-0.2, -0.15) is 13.2 Å². The van der Waals surface area contributed by atoms with E-state index in [1.54, 1.807) is 18.7 Å². The number of hydrogen-bond acceptors (Lipinski definition) is 2. The van der Waals surface area contributed by atoms with Gasteiger partial charge in [-0.05, 0) is 38.3 Å². The number of piperidine rings is 1. The topological polar surface area (TPSA) is 63.4 Å². The van der Waals surface area contributed by atoms with Gasteiger partial charge in [-0.15, -0.1) is 0 Å². The van der Waals surface area contributed by atoms with Crippen molar-refractivity contribution in [3.05, 3.63) is 35.4 Å². The lowest BCUT2D eigenvalue weighted by molar-refractivity contribution is -0.140. The second kappa shape index (κ2) is 6.45. The highest BCUT2D eigenvalue weighted by Gasteiger charge is 2.38. The molecule has 1 heterocycles. The minimum Gasteiger partial charge on any atom is -0.369 e. The summed E-state index contributed by atoms with van der Waals surface area (Å²) in [6.07, 6.45) is -3.48. The van der Waals surface area contributed by atoms with Crippen LogP contribution in [-0.4, -0.2) is 29.8 Å². The van der Waals surface area contributed by atoms with Gasteiger partial charge in [0.1, 0.15) is 0 Å². The molecular weight excluding hydrogens is 321 g/mol. The van der Waals surface area contributed by atoms with Crippen molar-refractivity contribution in [1.82, 2.24) is 4.90 Å². The van der Waals surface area contributed by atoms with E-state index in [1.807, 2.05) is 0 Å². The number of carbonyl (C=O) groups excluding carboxylic acids is 2. The summed E-state index contributed by atoms with van der Waals surface area (Å²) in [7, 11) is 0. The van der Waals surface area contributed by atoms with Gasteiger partial charge in [0.15, 0.2) is 0 Å². The summed E-state index contributed by atoms with van der Waals surface area (Å²) in [4.78, 5) is 25.6. The van der Waals surface area contributed by atoms with Crippen LogP contribution in [-0.2, 0) is 21.2 Å². The maximum absolute atomic E-state index is 12.9. The number of alkyl halides is 3. The Balaban J connectivity index is 2.18. The molecule has 1 aromatic carbocycles. The summed E-state index contributed by atoms with van der Waals surface area (Å²) in [5.74, 6) is -0.866. The molecule has 1 aliphatic rings. The zero-order chi connectivity index (χ0) is 18.1. The Bertz CT molecular complexity index is 633. The van der Waals surface area contributed by atoms with Gasteiger partial charge in [0.2, 0.25) is 11.8 Å². The Kier molecular flexibility index (Phi) is 4.92. The molecule has 24 heavy (non-hydrogen) atoms. The molecule has 0 unspecified atom stereocenters. The number of halogens is 3. The van der Waals surface area contributed by atoms with Gasteiger partial charge in [0.05, 0.1) is 11.0 Å². The van der Waals surface area contributed by atoms with Crippen LogP contribution in [0.3, 0.4) is 0 Å². The van der Waals surface area contributed by atoms with Crippen molar-refractivity contribution in [2.24, 2.45) is 11.7 Å². The van der Waals surface area contributed by atoms with Crippen LogP contribution in [0.1, 0.15) is 37.8 Å². The molecule has 1 saturated heterocycles. The van der Waals surface area contributed by atoms with Crippen LogP contribution in [0.2, 0.25) is 0 Å². The zero-order valence-corrected chi connectivity index (χ0v) is 13.7. The second-order valence-electron chi connectivity index (χ2n) is 6.67. The highest BCUT2D eigenvalue weighted by Crippen LogP contribution is 2.34. The van der Waals surface area contributed by atoms with E-state index in [4.69, 9.17) is 5.73 Å². The molecule has 2 amide bonds. The number of benzene rings is 1. The zero-order valence-electron chi connectivity index (χ0n) is 13.7. The van der Waals surface area contributed by atoms with E-state index < -0.39 is 17.2 Å². The van der Waals surface area contributed by atoms with Gasteiger partial charge in [0.25, 0.3) is 0 Å². The van der Waals surface area contributed by atoms with E-state index in [0.717, 1.165) is 12.1 Å². The number of carbonyl (C=O) groups is 2. The lowest BCUT2D eigenvalue weighted by Crippen LogP contribution is -2.48. The molecule has 2 N–H and O–H groups in total. The van der Waals surface area contributed by atoms with Crippen molar-refractivity contribution in [1.29, 1.82) is 0 Å². The molecular formula is C17H21F3N2O2. The molecule has 1 aromatic rings. The number of rotatable bonds is 3. The van der Waals surface area contributed by atoms with Crippen LogP contribution >= 0.6 is 0 Å². The first kappa shape index (κ1) is 18.3. The lowest BCUT2D eigenvalue weighted by Gasteiger charge is -2.36. The van der Waals surface area contributed by atoms with Gasteiger partial charge in [-0.3, -0.25) is 9.59 Å². The van der Waals surface area contributed by atoms with Crippen molar-refractivity contribution in [3.63, 3.8) is 0 Å². The molecule has 4 nitrogen and oxygen atoms in total. The van der Waals surface area contributed by atoms with Crippen molar-refractivity contribution in [2.75, 3.05) is 13.1 Å². The highest BCUT2D eigenvalue weighted by atomic mass is 19.4. The number of amides is 2. The maximum Gasteiger partial charge on any atom is 0.416 e. The van der Waals surface area contributed by atoms with Crippen LogP contribution in [0, 0.1) is 5.92 Å². The maximum atomic E-state index is 12.9. The van der Waals surface area contributed by atoms with Crippen molar-refractivity contribution in [3.8, 4) is 0 Å². The third kappa shape index (κ3) is 3.71. The molecule has 1 fully saturated rings. The van der Waals surface area contributed by atoms with E-state index in [1.165, 1.54) is 12.1 Å². The summed E-state index contributed by atoms with van der Waals surface area (Å²) in [6.45, 7) is 4.00. The lowest BCUT2D eigenvalue weighted by atomic mass is 9.81. The number of nitrogens with two attached hydrogens (primary N) is 1. The normalized spacial score (nSPS) is 17.0. The first-order valence-electron chi connectivity index (χ1n) is 7.80. The van der Waals surface area contributed by atoms with E-state index >= 15 is 0 Å². The first-order valence-corrected chi connectivity index (χ1v) is 7.80. The molecule has 0 radical (unpaired) electrons. The quantitative estimate of drug-likeness (QED) is 0.918. The fraction of sp³-hybridized carbons (Fsp3) is 0.529. The molecule has 0 atom stereocenters. The second-order valence-corrected chi connectivity index (χ2v) is 6.67. The van der Waals surface area contributed by atoms with Gasteiger partial charge in [-0.25, -0.2) is 0 Å². The van der Waals surface area contributed by atoms with Crippen LogP contribution in [0.15, 0.2) is 24.3 Å². The summed E-state index contributed by atoms with van der Waals surface area (Å²) in [6, 6.07) is 4.85. The molecule has 0 spiro atoms. The van der Waals surface area contributed by atoms with E-state index in [-0.39, 0.29) is 17.7 Å². The largest absolute Gasteiger partial charge is 0.416 e.